The highest BCUT2D eigenvalue weighted by Gasteiger charge is 1.99. The number of halogens is 2. The van der Waals surface area contributed by atoms with Crippen molar-refractivity contribution in [1.29, 1.82) is 0 Å². The summed E-state index contributed by atoms with van der Waals surface area (Å²) in [6.07, 6.45) is 0. The normalized spacial score (nSPS) is 8.83. The van der Waals surface area contributed by atoms with Crippen molar-refractivity contribution in [2.24, 2.45) is 0 Å². The maximum absolute atomic E-state index is 12.8. The molecule has 1 rings (SSSR count). The van der Waals surface area contributed by atoms with E-state index in [-0.39, 0.29) is 10.8 Å². The van der Waals surface area contributed by atoms with Crippen molar-refractivity contribution < 1.29 is 4.39 Å². The molecule has 0 saturated carbocycles. The molecule has 0 amide bonds. The molecule has 0 spiro atoms. The smallest absolute Gasteiger partial charge is 0.141 e. The van der Waals surface area contributed by atoms with Gasteiger partial charge in [-0.3, -0.25) is 0 Å². The third-order valence-electron chi connectivity index (χ3n) is 1.86. The van der Waals surface area contributed by atoms with Gasteiger partial charge in [-0.1, -0.05) is 45.4 Å². The lowest BCUT2D eigenvalue weighted by molar-refractivity contribution is 0.623. The maximum atomic E-state index is 12.8. The minimum atomic E-state index is -0.370. The van der Waals surface area contributed by atoms with Gasteiger partial charge < -0.3 is 10.6 Å². The van der Waals surface area contributed by atoms with E-state index in [0.29, 0.717) is 6.54 Å². The topological polar surface area (TPSA) is 24.1 Å². The molecule has 2 nitrogen and oxygen atoms in total. The first-order chi connectivity index (χ1) is 8.74. The SMILES string of the molecule is CC.CC.CNCCNCc1ccc(F)c(Cl)c1. The summed E-state index contributed by atoms with van der Waals surface area (Å²) in [6, 6.07) is 4.76. The Bertz CT molecular complexity index is 293. The van der Waals surface area contributed by atoms with Gasteiger partial charge in [0.15, 0.2) is 0 Å². The molecular weight excluding hydrogens is 251 g/mol. The van der Waals surface area contributed by atoms with Gasteiger partial charge in [0, 0.05) is 19.6 Å². The summed E-state index contributed by atoms with van der Waals surface area (Å²) >= 11 is 5.64. The molecule has 0 aromatic heterocycles. The van der Waals surface area contributed by atoms with Crippen molar-refractivity contribution in [2.75, 3.05) is 20.1 Å². The van der Waals surface area contributed by atoms with Crippen molar-refractivity contribution in [2.45, 2.75) is 34.2 Å². The van der Waals surface area contributed by atoms with Gasteiger partial charge >= 0.3 is 0 Å². The van der Waals surface area contributed by atoms with E-state index in [0.717, 1.165) is 18.7 Å². The van der Waals surface area contributed by atoms with E-state index in [1.807, 2.05) is 34.7 Å². The molecule has 1 aromatic carbocycles. The van der Waals surface area contributed by atoms with Crippen LogP contribution in [0.3, 0.4) is 0 Å². The number of hydrogen-bond acceptors (Lipinski definition) is 2. The van der Waals surface area contributed by atoms with Crippen LogP contribution in [0.4, 0.5) is 4.39 Å². The Morgan fingerprint density at radius 2 is 1.72 bits per heavy atom. The van der Waals surface area contributed by atoms with Gasteiger partial charge in [-0.05, 0) is 24.7 Å². The van der Waals surface area contributed by atoms with Crippen LogP contribution < -0.4 is 10.6 Å². The molecule has 0 saturated heterocycles. The predicted molar refractivity (Wildman–Crippen MR) is 79.7 cm³/mol. The highest BCUT2D eigenvalue weighted by molar-refractivity contribution is 6.30. The van der Waals surface area contributed by atoms with Gasteiger partial charge in [-0.2, -0.15) is 0 Å². The summed E-state index contributed by atoms with van der Waals surface area (Å²) in [5, 5.41) is 6.41. The molecule has 1 aromatic rings. The minimum Gasteiger partial charge on any atom is -0.318 e. The van der Waals surface area contributed by atoms with Gasteiger partial charge in [0.1, 0.15) is 5.82 Å². The van der Waals surface area contributed by atoms with Crippen LogP contribution in [0.15, 0.2) is 18.2 Å². The molecule has 0 bridgehead atoms. The van der Waals surface area contributed by atoms with Gasteiger partial charge in [0.2, 0.25) is 0 Å². The molecule has 4 heteroatoms. The highest BCUT2D eigenvalue weighted by atomic mass is 35.5. The van der Waals surface area contributed by atoms with Gasteiger partial charge in [-0.25, -0.2) is 4.39 Å². The van der Waals surface area contributed by atoms with Crippen molar-refractivity contribution >= 4 is 11.6 Å². The van der Waals surface area contributed by atoms with E-state index in [2.05, 4.69) is 10.6 Å². The second-order valence-corrected chi connectivity index (χ2v) is 3.44. The van der Waals surface area contributed by atoms with E-state index < -0.39 is 0 Å². The molecule has 0 atom stereocenters. The van der Waals surface area contributed by atoms with E-state index >= 15 is 0 Å². The Morgan fingerprint density at radius 1 is 1.11 bits per heavy atom. The molecule has 0 aliphatic rings. The van der Waals surface area contributed by atoms with Gasteiger partial charge in [0.05, 0.1) is 5.02 Å². The molecule has 0 fully saturated rings. The lowest BCUT2D eigenvalue weighted by atomic mass is 10.2. The van der Waals surface area contributed by atoms with Crippen LogP contribution >= 0.6 is 11.6 Å². The monoisotopic (exact) mass is 276 g/mol. The summed E-state index contributed by atoms with van der Waals surface area (Å²) in [5.74, 6) is -0.370. The van der Waals surface area contributed by atoms with Gasteiger partial charge in [0.25, 0.3) is 0 Å². The zero-order valence-corrected chi connectivity index (χ0v) is 12.9. The number of rotatable bonds is 5. The van der Waals surface area contributed by atoms with Crippen molar-refractivity contribution in [3.05, 3.63) is 34.6 Å². The molecule has 2 N–H and O–H groups in total. The maximum Gasteiger partial charge on any atom is 0.141 e. The Balaban J connectivity index is 0. The van der Waals surface area contributed by atoms with Crippen LogP contribution in [0.2, 0.25) is 5.02 Å². The highest BCUT2D eigenvalue weighted by Crippen LogP contribution is 2.15. The molecule has 0 unspecified atom stereocenters. The summed E-state index contributed by atoms with van der Waals surface area (Å²) in [4.78, 5) is 0. The number of benzene rings is 1. The lowest BCUT2D eigenvalue weighted by Crippen LogP contribution is -2.24. The Hall–Kier alpha value is -0.640. The van der Waals surface area contributed by atoms with Crippen LogP contribution in [-0.2, 0) is 6.54 Å². The molecule has 0 aliphatic heterocycles. The second-order valence-electron chi connectivity index (χ2n) is 3.03. The summed E-state index contributed by atoms with van der Waals surface area (Å²) in [6.45, 7) is 10.5. The fourth-order valence-corrected chi connectivity index (χ4v) is 1.30. The Kier molecular flexibility index (Phi) is 15.8. The summed E-state index contributed by atoms with van der Waals surface area (Å²) < 4.78 is 12.8. The van der Waals surface area contributed by atoms with E-state index in [1.54, 1.807) is 12.1 Å². The second kappa shape index (κ2) is 14.4. The van der Waals surface area contributed by atoms with Crippen molar-refractivity contribution in [3.8, 4) is 0 Å². The standard InChI is InChI=1S/C10H14ClFN2.2C2H6/c1-13-4-5-14-7-8-2-3-10(12)9(11)6-8;2*1-2/h2-3,6,13-14H,4-5,7H2,1H3;2*1-2H3. The first-order valence-electron chi connectivity index (χ1n) is 6.53. The Labute approximate surface area is 116 Å². The van der Waals surface area contributed by atoms with Gasteiger partial charge in [-0.15, -0.1) is 0 Å². The van der Waals surface area contributed by atoms with Crippen molar-refractivity contribution in [1.82, 2.24) is 10.6 Å². The summed E-state index contributed by atoms with van der Waals surface area (Å²) in [7, 11) is 1.90. The molecule has 106 valence electrons. The fourth-order valence-electron chi connectivity index (χ4n) is 1.10. The zero-order valence-electron chi connectivity index (χ0n) is 12.1. The summed E-state index contributed by atoms with van der Waals surface area (Å²) in [5.41, 5.74) is 0.993. The Morgan fingerprint density at radius 3 is 2.22 bits per heavy atom. The van der Waals surface area contributed by atoms with Crippen LogP contribution in [0.25, 0.3) is 0 Å². The average molecular weight is 277 g/mol. The van der Waals surface area contributed by atoms with E-state index in [1.165, 1.54) is 6.07 Å². The third-order valence-corrected chi connectivity index (χ3v) is 2.15. The number of nitrogens with one attached hydrogen (secondary N) is 2. The number of hydrogen-bond donors (Lipinski definition) is 2. The first-order valence-corrected chi connectivity index (χ1v) is 6.91. The largest absolute Gasteiger partial charge is 0.318 e. The minimum absolute atomic E-state index is 0.179. The van der Waals surface area contributed by atoms with E-state index in [9.17, 15) is 4.39 Å². The first kappa shape index (κ1) is 19.7. The molecule has 0 aliphatic carbocycles. The fraction of sp³-hybridized carbons (Fsp3) is 0.571. The van der Waals surface area contributed by atoms with Crippen LogP contribution in [0, 0.1) is 5.82 Å². The molecule has 0 heterocycles. The number of likely N-dealkylation sites (N-methyl/N-ethyl adjacent to an activating group) is 1. The van der Waals surface area contributed by atoms with Crippen molar-refractivity contribution in [3.63, 3.8) is 0 Å². The van der Waals surface area contributed by atoms with Crippen LogP contribution in [0.5, 0.6) is 0 Å². The van der Waals surface area contributed by atoms with Crippen LogP contribution in [0.1, 0.15) is 33.3 Å². The quantitative estimate of drug-likeness (QED) is 0.799. The average Bonchev–Trinajstić information content (AvgIpc) is 2.43. The zero-order chi connectivity index (χ0) is 14.4. The lowest BCUT2D eigenvalue weighted by Gasteiger charge is -2.04. The third kappa shape index (κ3) is 9.40. The molecular formula is C14H26ClFN2. The van der Waals surface area contributed by atoms with Crippen LogP contribution in [-0.4, -0.2) is 20.1 Å². The molecule has 18 heavy (non-hydrogen) atoms. The molecule has 0 radical (unpaired) electrons. The predicted octanol–water partition coefficient (Wildman–Crippen LogP) is 3.84. The van der Waals surface area contributed by atoms with E-state index in [4.69, 9.17) is 11.6 Å².